The summed E-state index contributed by atoms with van der Waals surface area (Å²) in [5, 5.41) is 2.99. The molecule has 0 aliphatic rings. The number of rotatable bonds is 10. The van der Waals surface area contributed by atoms with E-state index in [9.17, 15) is 13.2 Å². The number of ether oxygens (including phenoxy) is 2. The predicted octanol–water partition coefficient (Wildman–Crippen LogP) is 6.55. The number of hydrogen-bond donors (Lipinski definition) is 1. The molecule has 0 aliphatic heterocycles. The molecule has 0 bridgehead atoms. The smallest absolute Gasteiger partial charge is 0.417 e. The second kappa shape index (κ2) is 11.3. The average Bonchev–Trinajstić information content (AvgIpc) is 2.68. The number of nitrogens with one attached hydrogen (secondary N) is 1. The molecule has 0 aliphatic carbocycles. The van der Waals surface area contributed by atoms with Crippen molar-refractivity contribution in [2.75, 3.05) is 25.1 Å². The monoisotopic (exact) mass is 462 g/mol. The Labute approximate surface area is 184 Å². The lowest BCUT2D eigenvalue weighted by Crippen LogP contribution is -2.10. The minimum Gasteiger partial charge on any atom is -0.493 e. The molecule has 2 rings (SSSR count). The Hall–Kier alpha value is -2.12. The molecule has 9 heteroatoms. The molecule has 0 saturated carbocycles. The Balaban J connectivity index is 1.84. The van der Waals surface area contributed by atoms with E-state index < -0.39 is 11.7 Å². The Morgan fingerprint density at radius 3 is 2.57 bits per heavy atom. The molecule has 1 heterocycles. The number of halogens is 5. The molecule has 0 unspecified atom stereocenters. The topological polar surface area (TPSA) is 43.4 Å². The molecule has 0 fully saturated rings. The van der Waals surface area contributed by atoms with Crippen LogP contribution in [0.4, 0.5) is 19.0 Å². The van der Waals surface area contributed by atoms with Crippen LogP contribution in [-0.4, -0.2) is 24.7 Å². The van der Waals surface area contributed by atoms with Crippen molar-refractivity contribution >= 4 is 29.0 Å². The summed E-state index contributed by atoms with van der Waals surface area (Å²) in [4.78, 5) is 3.78. The van der Waals surface area contributed by atoms with Crippen molar-refractivity contribution in [3.8, 4) is 11.5 Å². The first-order chi connectivity index (χ1) is 14.2. The van der Waals surface area contributed by atoms with Crippen LogP contribution in [0, 0.1) is 6.92 Å². The molecule has 1 aromatic carbocycles. The molecule has 30 heavy (non-hydrogen) atoms. The zero-order valence-electron chi connectivity index (χ0n) is 16.7. The number of nitrogens with zero attached hydrogens (tertiary/aromatic N) is 1. The van der Waals surface area contributed by atoms with Gasteiger partial charge < -0.3 is 14.8 Å². The average molecular weight is 463 g/mol. The Morgan fingerprint density at radius 2 is 1.97 bits per heavy atom. The van der Waals surface area contributed by atoms with Gasteiger partial charge in [0.15, 0.2) is 0 Å². The van der Waals surface area contributed by atoms with Gasteiger partial charge >= 0.3 is 6.18 Å². The highest BCUT2D eigenvalue weighted by atomic mass is 35.5. The van der Waals surface area contributed by atoms with Crippen molar-refractivity contribution in [2.45, 2.75) is 32.9 Å². The van der Waals surface area contributed by atoms with E-state index in [0.29, 0.717) is 31.1 Å². The Bertz CT molecular complexity index is 853. The highest BCUT2D eigenvalue weighted by Gasteiger charge is 2.30. The van der Waals surface area contributed by atoms with Crippen molar-refractivity contribution in [2.24, 2.45) is 0 Å². The van der Waals surface area contributed by atoms with E-state index in [-0.39, 0.29) is 11.1 Å². The summed E-state index contributed by atoms with van der Waals surface area (Å²) in [7, 11) is 0. The van der Waals surface area contributed by atoms with Crippen LogP contribution in [0.15, 0.2) is 41.0 Å². The minimum atomic E-state index is -4.39. The number of alkyl halides is 3. The summed E-state index contributed by atoms with van der Waals surface area (Å²) < 4.78 is 49.4. The van der Waals surface area contributed by atoms with Gasteiger partial charge in [0.05, 0.1) is 12.2 Å². The zero-order valence-corrected chi connectivity index (χ0v) is 18.2. The van der Waals surface area contributed by atoms with Crippen LogP contribution in [0.25, 0.3) is 0 Å². The molecule has 0 saturated heterocycles. The second-order valence-corrected chi connectivity index (χ2v) is 7.45. The molecular weight excluding hydrogens is 440 g/mol. The summed E-state index contributed by atoms with van der Waals surface area (Å²) in [6, 6.07) is 6.12. The quantitative estimate of drug-likeness (QED) is 0.406. The highest BCUT2D eigenvalue weighted by molar-refractivity contribution is 6.55. The molecule has 0 atom stereocenters. The number of pyridine rings is 1. The molecule has 1 aromatic heterocycles. The SMILES string of the molecule is CCc1cc(OCC=C(Cl)Cl)cc(C)c1OCCCNc1ccc(C(F)(F)F)cn1. The van der Waals surface area contributed by atoms with Crippen LogP contribution in [-0.2, 0) is 12.6 Å². The van der Waals surface area contributed by atoms with Gasteiger partial charge in [0.1, 0.15) is 28.4 Å². The maximum atomic E-state index is 12.5. The maximum absolute atomic E-state index is 12.5. The molecule has 0 radical (unpaired) electrons. The van der Waals surface area contributed by atoms with Crippen molar-refractivity contribution < 1.29 is 22.6 Å². The molecule has 164 valence electrons. The van der Waals surface area contributed by atoms with Crippen LogP contribution in [0.5, 0.6) is 11.5 Å². The molecule has 0 amide bonds. The number of aryl methyl sites for hydroxylation is 2. The molecule has 2 aromatic rings. The molecule has 1 N–H and O–H groups in total. The van der Waals surface area contributed by atoms with Gasteiger partial charge in [-0.15, -0.1) is 0 Å². The Morgan fingerprint density at radius 1 is 1.20 bits per heavy atom. The van der Waals surface area contributed by atoms with Crippen LogP contribution < -0.4 is 14.8 Å². The third kappa shape index (κ3) is 7.61. The number of hydrogen-bond acceptors (Lipinski definition) is 4. The minimum absolute atomic E-state index is 0.155. The number of aromatic nitrogens is 1. The van der Waals surface area contributed by atoms with Crippen molar-refractivity contribution in [3.05, 3.63) is 57.7 Å². The zero-order chi connectivity index (χ0) is 22.1. The van der Waals surface area contributed by atoms with Crippen LogP contribution in [0.3, 0.4) is 0 Å². The predicted molar refractivity (Wildman–Crippen MR) is 114 cm³/mol. The number of benzene rings is 1. The molecular formula is C21H23Cl2F3N2O2. The maximum Gasteiger partial charge on any atom is 0.417 e. The van der Waals surface area contributed by atoms with Crippen molar-refractivity contribution in [3.63, 3.8) is 0 Å². The molecule has 0 spiro atoms. The first kappa shape index (κ1) is 24.2. The van der Waals surface area contributed by atoms with Gasteiger partial charge in [-0.3, -0.25) is 0 Å². The Kier molecular flexibility index (Phi) is 9.11. The lowest BCUT2D eigenvalue weighted by Gasteiger charge is -2.16. The van der Waals surface area contributed by atoms with Crippen molar-refractivity contribution in [1.82, 2.24) is 4.98 Å². The van der Waals surface area contributed by atoms with E-state index >= 15 is 0 Å². The first-order valence-corrected chi connectivity index (χ1v) is 10.1. The van der Waals surface area contributed by atoms with E-state index in [1.54, 1.807) is 6.08 Å². The van der Waals surface area contributed by atoms with Crippen LogP contribution in [0.2, 0.25) is 0 Å². The first-order valence-electron chi connectivity index (χ1n) is 9.38. The lowest BCUT2D eigenvalue weighted by molar-refractivity contribution is -0.137. The van der Waals surface area contributed by atoms with Crippen LogP contribution >= 0.6 is 23.2 Å². The fourth-order valence-corrected chi connectivity index (χ4v) is 2.82. The summed E-state index contributed by atoms with van der Waals surface area (Å²) in [6.45, 7) is 5.21. The third-order valence-electron chi connectivity index (χ3n) is 4.16. The van der Waals surface area contributed by atoms with E-state index in [1.807, 2.05) is 26.0 Å². The summed E-state index contributed by atoms with van der Waals surface area (Å²) >= 11 is 11.2. The standard InChI is InChI=1S/C21H23Cl2F3N2O2/c1-3-15-12-17(29-10-7-18(22)23)11-14(2)20(15)30-9-4-8-27-19-6-5-16(13-28-19)21(24,25)26/h5-7,11-13H,3-4,8-10H2,1-2H3,(H,27,28). The van der Waals surface area contributed by atoms with Gasteiger partial charge in [0.25, 0.3) is 0 Å². The fourth-order valence-electron chi connectivity index (χ4n) is 2.69. The van der Waals surface area contributed by atoms with Gasteiger partial charge in [-0.25, -0.2) is 4.98 Å². The van der Waals surface area contributed by atoms with E-state index in [4.69, 9.17) is 32.7 Å². The number of anilines is 1. The van der Waals surface area contributed by atoms with E-state index in [1.165, 1.54) is 6.07 Å². The normalized spacial score (nSPS) is 11.2. The largest absolute Gasteiger partial charge is 0.493 e. The molecule has 4 nitrogen and oxygen atoms in total. The van der Waals surface area contributed by atoms with Gasteiger partial charge in [-0.05, 0) is 61.2 Å². The van der Waals surface area contributed by atoms with Gasteiger partial charge in [-0.2, -0.15) is 13.2 Å². The van der Waals surface area contributed by atoms with Gasteiger partial charge in [-0.1, -0.05) is 30.1 Å². The van der Waals surface area contributed by atoms with Crippen LogP contribution in [0.1, 0.15) is 30.0 Å². The third-order valence-corrected chi connectivity index (χ3v) is 4.47. The fraction of sp³-hybridized carbons (Fsp3) is 0.381. The highest BCUT2D eigenvalue weighted by Crippen LogP contribution is 2.30. The van der Waals surface area contributed by atoms with Gasteiger partial charge in [0.2, 0.25) is 0 Å². The second-order valence-electron chi connectivity index (χ2n) is 6.45. The van der Waals surface area contributed by atoms with E-state index in [0.717, 1.165) is 35.6 Å². The lowest BCUT2D eigenvalue weighted by atomic mass is 10.1. The summed E-state index contributed by atoms with van der Waals surface area (Å²) in [5.41, 5.74) is 1.19. The van der Waals surface area contributed by atoms with E-state index in [2.05, 4.69) is 10.3 Å². The van der Waals surface area contributed by atoms with Gasteiger partial charge in [0, 0.05) is 12.7 Å². The van der Waals surface area contributed by atoms with Crippen molar-refractivity contribution in [1.29, 1.82) is 0 Å². The summed E-state index contributed by atoms with van der Waals surface area (Å²) in [5.74, 6) is 1.90. The summed E-state index contributed by atoms with van der Waals surface area (Å²) in [6.07, 6.45) is -0.582.